The first-order chi connectivity index (χ1) is 9.83. The van der Waals surface area contributed by atoms with Crippen LogP contribution in [0.3, 0.4) is 0 Å². The van der Waals surface area contributed by atoms with Crippen LogP contribution in [-0.4, -0.2) is 19.5 Å². The molecule has 0 saturated heterocycles. The zero-order chi connectivity index (χ0) is 15.6. The summed E-state index contributed by atoms with van der Waals surface area (Å²) in [7, 11) is -3.80. The first kappa shape index (κ1) is 15.5. The van der Waals surface area contributed by atoms with Crippen molar-refractivity contribution in [1.82, 2.24) is 0 Å². The molecule has 0 radical (unpaired) electrons. The molecule has 1 aromatic carbocycles. The third kappa shape index (κ3) is 3.40. The molecule has 8 heteroatoms. The number of carboxylic acid groups (broad SMARTS) is 1. The minimum atomic E-state index is -3.80. The number of aromatic carboxylic acids is 1. The number of carboxylic acids is 1. The van der Waals surface area contributed by atoms with E-state index in [4.69, 9.17) is 5.11 Å². The van der Waals surface area contributed by atoms with Gasteiger partial charge < -0.3 is 5.11 Å². The lowest BCUT2D eigenvalue weighted by molar-refractivity contribution is 0.0692. The predicted molar refractivity (Wildman–Crippen MR) is 77.9 cm³/mol. The molecule has 2 N–H and O–H groups in total. The van der Waals surface area contributed by atoms with Crippen molar-refractivity contribution >= 4 is 33.0 Å². The molecular formula is C13H12FNO4S2. The van der Waals surface area contributed by atoms with Crippen LogP contribution in [-0.2, 0) is 16.4 Å². The fourth-order valence-electron chi connectivity index (χ4n) is 1.65. The van der Waals surface area contributed by atoms with Crippen LogP contribution in [0.4, 0.5) is 10.1 Å². The molecule has 0 spiro atoms. The Morgan fingerprint density at radius 3 is 2.57 bits per heavy atom. The molecule has 5 nitrogen and oxygen atoms in total. The largest absolute Gasteiger partial charge is 0.478 e. The van der Waals surface area contributed by atoms with E-state index in [2.05, 4.69) is 4.72 Å². The lowest BCUT2D eigenvalue weighted by Crippen LogP contribution is -2.12. The van der Waals surface area contributed by atoms with Gasteiger partial charge in [0.15, 0.2) is 0 Å². The maximum absolute atomic E-state index is 13.5. The predicted octanol–water partition coefficient (Wildman–Crippen LogP) is 2.95. The van der Waals surface area contributed by atoms with Gasteiger partial charge in [0.05, 0.1) is 11.3 Å². The van der Waals surface area contributed by atoms with Gasteiger partial charge in [0.1, 0.15) is 10.0 Å². The number of aryl methyl sites for hydroxylation is 1. The number of rotatable bonds is 5. The summed E-state index contributed by atoms with van der Waals surface area (Å²) in [5.74, 6) is -2.41. The first-order valence-corrected chi connectivity index (χ1v) is 8.28. The molecule has 0 aliphatic heterocycles. The number of benzene rings is 1. The molecule has 112 valence electrons. The molecule has 21 heavy (non-hydrogen) atoms. The van der Waals surface area contributed by atoms with Crippen molar-refractivity contribution in [1.29, 1.82) is 0 Å². The van der Waals surface area contributed by atoms with Crippen LogP contribution in [0.15, 0.2) is 34.5 Å². The Bertz CT molecular complexity index is 783. The molecule has 2 rings (SSSR count). The van der Waals surface area contributed by atoms with Gasteiger partial charge in [0, 0.05) is 4.88 Å². The summed E-state index contributed by atoms with van der Waals surface area (Å²) in [5, 5.41) is 8.72. The van der Waals surface area contributed by atoms with Crippen molar-refractivity contribution in [2.75, 3.05) is 4.72 Å². The van der Waals surface area contributed by atoms with Crippen molar-refractivity contribution in [2.24, 2.45) is 0 Å². The molecular weight excluding hydrogens is 317 g/mol. The second kappa shape index (κ2) is 5.82. The Kier molecular flexibility index (Phi) is 4.29. The van der Waals surface area contributed by atoms with Crippen LogP contribution in [0.2, 0.25) is 0 Å². The van der Waals surface area contributed by atoms with Gasteiger partial charge in [-0.05, 0) is 36.8 Å². The summed E-state index contributed by atoms with van der Waals surface area (Å²) >= 11 is 1.13. The van der Waals surface area contributed by atoms with Gasteiger partial charge in [-0.15, -0.1) is 11.3 Å². The first-order valence-electron chi connectivity index (χ1n) is 5.98. The summed E-state index contributed by atoms with van der Waals surface area (Å²) < 4.78 is 40.1. The summed E-state index contributed by atoms with van der Waals surface area (Å²) in [6, 6.07) is 6.26. The molecule has 0 atom stereocenters. The van der Waals surface area contributed by atoms with Gasteiger partial charge in [-0.25, -0.2) is 17.6 Å². The van der Waals surface area contributed by atoms with E-state index >= 15 is 0 Å². The molecule has 0 fully saturated rings. The van der Waals surface area contributed by atoms with Gasteiger partial charge in [0.25, 0.3) is 10.0 Å². The Hall–Kier alpha value is -1.93. The highest BCUT2D eigenvalue weighted by molar-refractivity contribution is 7.94. The molecule has 1 heterocycles. The minimum absolute atomic E-state index is 0.0241. The van der Waals surface area contributed by atoms with E-state index in [1.807, 2.05) is 6.92 Å². The van der Waals surface area contributed by atoms with Gasteiger partial charge in [-0.1, -0.05) is 6.92 Å². The van der Waals surface area contributed by atoms with Crippen LogP contribution < -0.4 is 4.72 Å². The lowest BCUT2D eigenvalue weighted by Gasteiger charge is -2.07. The van der Waals surface area contributed by atoms with Gasteiger partial charge in [-0.2, -0.15) is 0 Å². The second-order valence-corrected chi connectivity index (χ2v) is 7.26. The summed E-state index contributed by atoms with van der Waals surface area (Å²) in [5.41, 5.74) is -0.536. The number of hydrogen-bond acceptors (Lipinski definition) is 4. The molecule has 0 amide bonds. The van der Waals surface area contributed by atoms with Crippen LogP contribution in [0.5, 0.6) is 0 Å². The monoisotopic (exact) mass is 329 g/mol. The highest BCUT2D eigenvalue weighted by atomic mass is 32.2. The van der Waals surface area contributed by atoms with Crippen molar-refractivity contribution in [3.05, 3.63) is 46.6 Å². The molecule has 0 aliphatic rings. The third-order valence-corrected chi connectivity index (χ3v) is 5.80. The van der Waals surface area contributed by atoms with Crippen molar-refractivity contribution in [2.45, 2.75) is 17.6 Å². The number of hydrogen-bond donors (Lipinski definition) is 2. The van der Waals surface area contributed by atoms with E-state index in [-0.39, 0.29) is 9.90 Å². The van der Waals surface area contributed by atoms with E-state index in [1.165, 1.54) is 12.1 Å². The maximum atomic E-state index is 13.5. The molecule has 0 unspecified atom stereocenters. The van der Waals surface area contributed by atoms with E-state index < -0.39 is 27.4 Å². The number of anilines is 1. The maximum Gasteiger partial charge on any atom is 0.338 e. The summed E-state index contributed by atoms with van der Waals surface area (Å²) in [6.07, 6.45) is 0.724. The van der Waals surface area contributed by atoms with Crippen LogP contribution >= 0.6 is 11.3 Å². The van der Waals surface area contributed by atoms with Crippen molar-refractivity contribution in [3.8, 4) is 0 Å². The van der Waals surface area contributed by atoms with Gasteiger partial charge >= 0.3 is 5.97 Å². The van der Waals surface area contributed by atoms with Crippen LogP contribution in [0.1, 0.15) is 22.2 Å². The quantitative estimate of drug-likeness (QED) is 0.883. The van der Waals surface area contributed by atoms with Crippen molar-refractivity contribution in [3.63, 3.8) is 0 Å². The smallest absolute Gasteiger partial charge is 0.338 e. The summed E-state index contributed by atoms with van der Waals surface area (Å²) in [6.45, 7) is 1.91. The average Bonchev–Trinajstić information content (AvgIpc) is 2.87. The minimum Gasteiger partial charge on any atom is -0.478 e. The highest BCUT2D eigenvalue weighted by Gasteiger charge is 2.18. The highest BCUT2D eigenvalue weighted by Crippen LogP contribution is 2.25. The van der Waals surface area contributed by atoms with Gasteiger partial charge in [0.2, 0.25) is 0 Å². The molecule has 0 bridgehead atoms. The third-order valence-electron chi connectivity index (χ3n) is 2.70. The van der Waals surface area contributed by atoms with E-state index in [0.717, 1.165) is 34.8 Å². The Balaban J connectivity index is 2.28. The molecule has 0 saturated carbocycles. The molecule has 0 aliphatic carbocycles. The number of thiophene rings is 1. The Morgan fingerprint density at radius 2 is 2.05 bits per heavy atom. The fraction of sp³-hybridized carbons (Fsp3) is 0.154. The standard InChI is InChI=1S/C13H12FNO4S2/c1-2-9-4-6-12(20-9)21(18,19)15-8-3-5-10(13(16)17)11(14)7-8/h3-7,15H,2H2,1H3,(H,16,17). The fourth-order valence-corrected chi connectivity index (χ4v) is 4.00. The Morgan fingerprint density at radius 1 is 1.33 bits per heavy atom. The zero-order valence-electron chi connectivity index (χ0n) is 11.0. The van der Waals surface area contributed by atoms with E-state index in [0.29, 0.717) is 0 Å². The van der Waals surface area contributed by atoms with E-state index in [9.17, 15) is 17.6 Å². The average molecular weight is 329 g/mol. The SMILES string of the molecule is CCc1ccc(S(=O)(=O)Nc2ccc(C(=O)O)c(F)c2)s1. The number of nitrogens with one attached hydrogen (secondary N) is 1. The number of carbonyl (C=O) groups is 1. The second-order valence-electron chi connectivity index (χ2n) is 4.18. The number of halogens is 1. The van der Waals surface area contributed by atoms with Crippen LogP contribution in [0.25, 0.3) is 0 Å². The summed E-state index contributed by atoms with van der Waals surface area (Å²) in [4.78, 5) is 11.6. The molecule has 1 aromatic heterocycles. The zero-order valence-corrected chi connectivity index (χ0v) is 12.6. The van der Waals surface area contributed by atoms with Crippen molar-refractivity contribution < 1.29 is 22.7 Å². The number of sulfonamides is 1. The van der Waals surface area contributed by atoms with Gasteiger partial charge in [-0.3, -0.25) is 4.72 Å². The van der Waals surface area contributed by atoms with Crippen LogP contribution in [0, 0.1) is 5.82 Å². The van der Waals surface area contributed by atoms with E-state index in [1.54, 1.807) is 6.07 Å². The topological polar surface area (TPSA) is 83.5 Å². The lowest BCUT2D eigenvalue weighted by atomic mass is 10.2. The normalized spacial score (nSPS) is 11.3. The molecule has 2 aromatic rings. The Labute approximate surface area is 125 Å².